The van der Waals surface area contributed by atoms with Gasteiger partial charge in [0.05, 0.1) is 19.6 Å². The second kappa shape index (κ2) is 12.5. The third kappa shape index (κ3) is 10.1. The van der Waals surface area contributed by atoms with E-state index in [0.29, 0.717) is 11.1 Å². The first-order valence-corrected chi connectivity index (χ1v) is 10.2. The summed E-state index contributed by atoms with van der Waals surface area (Å²) in [5, 5.41) is 11.8. The Morgan fingerprint density at radius 1 is 1.03 bits per heavy atom. The number of rotatable bonds is 11. The molecule has 1 rings (SSSR count). The molecule has 0 aromatic heterocycles. The molecule has 0 bridgehead atoms. The lowest BCUT2D eigenvalue weighted by Crippen LogP contribution is -2.44. The molecule has 1 aromatic rings. The van der Waals surface area contributed by atoms with Crippen molar-refractivity contribution in [2.45, 2.75) is 59.1 Å². The summed E-state index contributed by atoms with van der Waals surface area (Å²) in [4.78, 5) is 47.2. The summed E-state index contributed by atoms with van der Waals surface area (Å²) < 4.78 is 20.4. The molecule has 2 N–H and O–H groups in total. The highest BCUT2D eigenvalue weighted by atomic mass is 16.6. The van der Waals surface area contributed by atoms with Gasteiger partial charge in [-0.2, -0.15) is 0 Å². The Bertz CT molecular complexity index is 814. The van der Waals surface area contributed by atoms with Gasteiger partial charge in [-0.25, -0.2) is 14.4 Å². The van der Waals surface area contributed by atoms with E-state index in [4.69, 9.17) is 18.9 Å². The number of hydrogen-bond acceptors (Lipinski definition) is 8. The van der Waals surface area contributed by atoms with E-state index < -0.39 is 35.6 Å². The first-order valence-electron chi connectivity index (χ1n) is 10.2. The average Bonchev–Trinajstić information content (AvgIpc) is 2.65. The standard InChI is InChI=1S/C22H31NO9/c1-6-29-18(24)12-15-10-14(8-9-17(15)31-13-19(25)30-7-2)11-16(20(26)27)23-21(28)32-22(3,4)5/h8-10,16H,6-7,11-13H2,1-5H3,(H,23,28)(H,26,27)/t16-/m0/s1. The van der Waals surface area contributed by atoms with Crippen LogP contribution in [0, 0.1) is 0 Å². The molecule has 0 saturated carbocycles. The predicted molar refractivity (Wildman–Crippen MR) is 113 cm³/mol. The van der Waals surface area contributed by atoms with Crippen LogP contribution in [0.2, 0.25) is 0 Å². The number of carboxylic acids is 1. The van der Waals surface area contributed by atoms with Crippen LogP contribution in [0.15, 0.2) is 18.2 Å². The summed E-state index contributed by atoms with van der Waals surface area (Å²) in [6.07, 6.45) is -1.06. The molecule has 0 aliphatic heterocycles. The van der Waals surface area contributed by atoms with E-state index in [1.54, 1.807) is 46.8 Å². The summed E-state index contributed by atoms with van der Waals surface area (Å²) in [7, 11) is 0. The Kier molecular flexibility index (Phi) is 10.5. The van der Waals surface area contributed by atoms with Gasteiger partial charge >= 0.3 is 24.0 Å². The van der Waals surface area contributed by atoms with Gasteiger partial charge < -0.3 is 29.4 Å². The monoisotopic (exact) mass is 453 g/mol. The van der Waals surface area contributed by atoms with E-state index in [1.165, 1.54) is 6.07 Å². The van der Waals surface area contributed by atoms with Crippen molar-refractivity contribution in [3.05, 3.63) is 29.3 Å². The normalized spacial score (nSPS) is 11.8. The molecule has 0 saturated heterocycles. The molecular formula is C22H31NO9. The minimum atomic E-state index is -1.26. The number of amides is 1. The highest BCUT2D eigenvalue weighted by Crippen LogP contribution is 2.23. The van der Waals surface area contributed by atoms with Crippen LogP contribution in [-0.4, -0.2) is 60.6 Å². The van der Waals surface area contributed by atoms with Crippen LogP contribution in [0.3, 0.4) is 0 Å². The van der Waals surface area contributed by atoms with Gasteiger partial charge in [-0.3, -0.25) is 4.79 Å². The molecular weight excluding hydrogens is 422 g/mol. The fourth-order valence-electron chi connectivity index (χ4n) is 2.63. The van der Waals surface area contributed by atoms with Gasteiger partial charge in [0.1, 0.15) is 17.4 Å². The lowest BCUT2D eigenvalue weighted by Gasteiger charge is -2.22. The molecule has 0 aliphatic carbocycles. The average molecular weight is 453 g/mol. The SMILES string of the molecule is CCOC(=O)COc1ccc(C[C@H](NC(=O)OC(C)(C)C)C(=O)O)cc1CC(=O)OCC. The summed E-state index contributed by atoms with van der Waals surface area (Å²) in [5.74, 6) is -2.05. The maximum absolute atomic E-state index is 12.0. The van der Waals surface area contributed by atoms with Crippen molar-refractivity contribution < 1.29 is 43.2 Å². The molecule has 0 radical (unpaired) electrons. The van der Waals surface area contributed by atoms with Crippen LogP contribution in [0.25, 0.3) is 0 Å². The molecule has 1 atom stereocenters. The summed E-state index contributed by atoms with van der Waals surface area (Å²) >= 11 is 0. The number of aliphatic carboxylic acids is 1. The van der Waals surface area contributed by atoms with Crippen molar-refractivity contribution in [2.24, 2.45) is 0 Å². The Hall–Kier alpha value is -3.30. The van der Waals surface area contributed by atoms with Gasteiger partial charge in [-0.1, -0.05) is 12.1 Å². The predicted octanol–water partition coefficient (Wildman–Crippen LogP) is 2.25. The van der Waals surface area contributed by atoms with Crippen LogP contribution in [0.4, 0.5) is 4.79 Å². The lowest BCUT2D eigenvalue weighted by molar-refractivity contribution is -0.145. The highest BCUT2D eigenvalue weighted by molar-refractivity contribution is 5.80. The molecule has 0 unspecified atom stereocenters. The van der Waals surface area contributed by atoms with Crippen LogP contribution in [-0.2, 0) is 41.4 Å². The van der Waals surface area contributed by atoms with Crippen molar-refractivity contribution in [2.75, 3.05) is 19.8 Å². The first-order chi connectivity index (χ1) is 14.9. The van der Waals surface area contributed by atoms with Crippen molar-refractivity contribution in [1.82, 2.24) is 5.32 Å². The number of hydrogen-bond donors (Lipinski definition) is 2. The summed E-state index contributed by atoms with van der Waals surface area (Å²) in [6, 6.07) is 3.42. The van der Waals surface area contributed by atoms with E-state index in [-0.39, 0.29) is 38.4 Å². The largest absolute Gasteiger partial charge is 0.482 e. The van der Waals surface area contributed by atoms with Crippen LogP contribution in [0.5, 0.6) is 5.75 Å². The molecule has 1 amide bonds. The number of ether oxygens (including phenoxy) is 4. The number of carboxylic acid groups (broad SMARTS) is 1. The van der Waals surface area contributed by atoms with Crippen LogP contribution in [0.1, 0.15) is 45.7 Å². The zero-order valence-corrected chi connectivity index (χ0v) is 19.1. The summed E-state index contributed by atoms with van der Waals surface area (Å²) in [5.41, 5.74) is 0.153. The number of benzene rings is 1. The summed E-state index contributed by atoms with van der Waals surface area (Å²) in [6.45, 7) is 8.39. The molecule has 0 spiro atoms. The van der Waals surface area contributed by atoms with Crippen molar-refractivity contribution >= 4 is 24.0 Å². The molecule has 1 aromatic carbocycles. The van der Waals surface area contributed by atoms with Crippen LogP contribution >= 0.6 is 0 Å². The molecule has 0 heterocycles. The lowest BCUT2D eigenvalue weighted by atomic mass is 10.0. The Labute approximate surface area is 187 Å². The smallest absolute Gasteiger partial charge is 0.408 e. The minimum Gasteiger partial charge on any atom is -0.482 e. The van der Waals surface area contributed by atoms with Gasteiger partial charge in [0.15, 0.2) is 6.61 Å². The van der Waals surface area contributed by atoms with Gasteiger partial charge in [-0.15, -0.1) is 0 Å². The minimum absolute atomic E-state index is 0.0669. The number of alkyl carbamates (subject to hydrolysis) is 1. The van der Waals surface area contributed by atoms with E-state index in [2.05, 4.69) is 5.32 Å². The molecule has 178 valence electrons. The van der Waals surface area contributed by atoms with E-state index in [0.717, 1.165) is 0 Å². The topological polar surface area (TPSA) is 137 Å². The highest BCUT2D eigenvalue weighted by Gasteiger charge is 2.25. The van der Waals surface area contributed by atoms with Crippen molar-refractivity contribution in [3.63, 3.8) is 0 Å². The molecule has 32 heavy (non-hydrogen) atoms. The Morgan fingerprint density at radius 3 is 2.22 bits per heavy atom. The van der Waals surface area contributed by atoms with Gasteiger partial charge in [-0.05, 0) is 46.2 Å². The van der Waals surface area contributed by atoms with Gasteiger partial charge in [0.2, 0.25) is 0 Å². The number of carbonyl (C=O) groups is 4. The molecule has 0 fully saturated rings. The Morgan fingerprint density at radius 2 is 1.66 bits per heavy atom. The molecule has 0 aliphatic rings. The molecule has 10 heteroatoms. The maximum Gasteiger partial charge on any atom is 0.408 e. The fraction of sp³-hybridized carbons (Fsp3) is 0.545. The molecule has 10 nitrogen and oxygen atoms in total. The third-order valence-corrected chi connectivity index (χ3v) is 3.84. The number of carbonyl (C=O) groups excluding carboxylic acids is 3. The van der Waals surface area contributed by atoms with E-state index in [1.807, 2.05) is 0 Å². The van der Waals surface area contributed by atoms with Crippen molar-refractivity contribution in [3.8, 4) is 5.75 Å². The van der Waals surface area contributed by atoms with E-state index >= 15 is 0 Å². The first kappa shape index (κ1) is 26.7. The Balaban J connectivity index is 3.04. The fourth-order valence-corrected chi connectivity index (χ4v) is 2.63. The maximum atomic E-state index is 12.0. The zero-order valence-electron chi connectivity index (χ0n) is 19.1. The van der Waals surface area contributed by atoms with Gasteiger partial charge in [0.25, 0.3) is 0 Å². The zero-order chi connectivity index (χ0) is 24.3. The second-order valence-corrected chi connectivity index (χ2v) is 7.76. The third-order valence-electron chi connectivity index (χ3n) is 3.84. The second-order valence-electron chi connectivity index (χ2n) is 7.76. The van der Waals surface area contributed by atoms with Crippen molar-refractivity contribution in [1.29, 1.82) is 0 Å². The van der Waals surface area contributed by atoms with Gasteiger partial charge in [0, 0.05) is 12.0 Å². The van der Waals surface area contributed by atoms with Crippen LogP contribution < -0.4 is 10.1 Å². The number of nitrogens with one attached hydrogen (secondary N) is 1. The quantitative estimate of drug-likeness (QED) is 0.382. The number of esters is 2. The van der Waals surface area contributed by atoms with E-state index in [9.17, 15) is 24.3 Å².